The normalized spacial score (nSPS) is 37.3. The van der Waals surface area contributed by atoms with Crippen molar-refractivity contribution in [3.63, 3.8) is 0 Å². The summed E-state index contributed by atoms with van der Waals surface area (Å²) >= 11 is 0. The van der Waals surface area contributed by atoms with Crippen molar-refractivity contribution in [2.75, 3.05) is 0 Å². The monoisotopic (exact) mass is 505 g/mol. The first-order valence-corrected chi connectivity index (χ1v) is 14.7. The van der Waals surface area contributed by atoms with Crippen LogP contribution in [0.1, 0.15) is 89.8 Å². The number of aryl methyl sites for hydroxylation is 1. The minimum absolute atomic E-state index is 0.121. The first-order valence-electron chi connectivity index (χ1n) is 14.7. The van der Waals surface area contributed by atoms with Gasteiger partial charge in [-0.05, 0) is 104 Å². The Labute approximate surface area is 223 Å². The zero-order valence-electron chi connectivity index (χ0n) is 23.0. The molecule has 0 unspecified atom stereocenters. The molecule has 4 heteroatoms. The van der Waals surface area contributed by atoms with Crippen LogP contribution in [-0.4, -0.2) is 38.6 Å². The van der Waals surface area contributed by atoms with Crippen molar-refractivity contribution in [3.05, 3.63) is 71.1 Å². The molecule has 0 spiro atoms. The number of aliphatic hydroxyl groups is 3. The Hall–Kier alpha value is -1.88. The fraction of sp³-hybridized carbons (Fsp3) is 0.636. The molecule has 7 atom stereocenters. The van der Waals surface area contributed by atoms with Gasteiger partial charge in [0.25, 0.3) is 0 Å². The zero-order chi connectivity index (χ0) is 26.4. The molecule has 4 aliphatic rings. The van der Waals surface area contributed by atoms with Crippen LogP contribution in [0.4, 0.5) is 0 Å². The number of nitrogens with one attached hydrogen (secondary N) is 1. The Bertz CT molecular complexity index is 1090. The molecule has 0 saturated heterocycles. The van der Waals surface area contributed by atoms with Gasteiger partial charge in [-0.1, -0.05) is 57.2 Å². The third kappa shape index (κ3) is 4.97. The van der Waals surface area contributed by atoms with Crippen molar-refractivity contribution in [1.82, 2.24) is 4.98 Å². The number of aliphatic hydroxyl groups excluding tert-OH is 3. The van der Waals surface area contributed by atoms with Crippen LogP contribution in [0.15, 0.2) is 59.9 Å². The van der Waals surface area contributed by atoms with Crippen LogP contribution in [0.3, 0.4) is 0 Å². The second-order valence-electron chi connectivity index (χ2n) is 12.8. The lowest BCUT2D eigenvalue weighted by atomic mass is 9.61. The van der Waals surface area contributed by atoms with Gasteiger partial charge >= 0.3 is 0 Å². The predicted molar refractivity (Wildman–Crippen MR) is 150 cm³/mol. The summed E-state index contributed by atoms with van der Waals surface area (Å²) in [5.74, 6) is 1.62. The van der Waals surface area contributed by atoms with E-state index in [2.05, 4.69) is 68.9 Å². The molecule has 0 aromatic carbocycles. The third-order valence-corrected chi connectivity index (χ3v) is 10.6. The van der Waals surface area contributed by atoms with Crippen LogP contribution in [0.25, 0.3) is 0 Å². The fourth-order valence-electron chi connectivity index (χ4n) is 8.00. The molecule has 4 aliphatic carbocycles. The van der Waals surface area contributed by atoms with E-state index in [1.165, 1.54) is 42.5 Å². The van der Waals surface area contributed by atoms with Gasteiger partial charge in [-0.15, -0.1) is 0 Å². The van der Waals surface area contributed by atoms with Crippen LogP contribution >= 0.6 is 0 Å². The standard InChI is InChI=1S/C33H47NO3/c1-5-23-17-30(34-20-23)33(15-16-33)31(37)13-8-21(2)27-11-12-28-24(7-6-14-32(27,28)4)9-10-25-18-26(35)19-29(36)22(25)3/h8-10,13,17,20-21,26-29,31,34-37H,3,5-7,11-12,14-16,18-19H2,1-2,4H3/t21-,26-,27-,28+,29+,31-,32-/m1/s1. The number of hydrogen-bond acceptors (Lipinski definition) is 3. The largest absolute Gasteiger partial charge is 0.393 e. The average molecular weight is 506 g/mol. The molecular formula is C33H47NO3. The van der Waals surface area contributed by atoms with E-state index in [1.54, 1.807) is 0 Å². The second-order valence-corrected chi connectivity index (χ2v) is 12.8. The topological polar surface area (TPSA) is 76.5 Å². The van der Waals surface area contributed by atoms with Gasteiger partial charge < -0.3 is 20.3 Å². The van der Waals surface area contributed by atoms with Crippen molar-refractivity contribution in [1.29, 1.82) is 0 Å². The third-order valence-electron chi connectivity index (χ3n) is 10.6. The average Bonchev–Trinajstić information content (AvgIpc) is 3.39. The van der Waals surface area contributed by atoms with Gasteiger partial charge in [0.05, 0.1) is 18.3 Å². The van der Waals surface area contributed by atoms with Crippen molar-refractivity contribution in [2.45, 2.75) is 109 Å². The van der Waals surface area contributed by atoms with Crippen LogP contribution in [0.2, 0.25) is 0 Å². The van der Waals surface area contributed by atoms with E-state index in [1.807, 2.05) is 0 Å². The maximum absolute atomic E-state index is 11.2. The van der Waals surface area contributed by atoms with Crippen molar-refractivity contribution in [3.8, 4) is 0 Å². The Morgan fingerprint density at radius 1 is 1.16 bits per heavy atom. The predicted octanol–water partition coefficient (Wildman–Crippen LogP) is 6.30. The highest BCUT2D eigenvalue weighted by atomic mass is 16.3. The van der Waals surface area contributed by atoms with E-state index in [0.29, 0.717) is 30.6 Å². The molecule has 5 rings (SSSR count). The molecule has 4 N–H and O–H groups in total. The summed E-state index contributed by atoms with van der Waals surface area (Å²) in [6.45, 7) is 11.1. The summed E-state index contributed by atoms with van der Waals surface area (Å²) in [5, 5.41) is 31.5. The first-order chi connectivity index (χ1) is 17.7. The highest BCUT2D eigenvalue weighted by Crippen LogP contribution is 2.60. The Morgan fingerprint density at radius 2 is 1.95 bits per heavy atom. The van der Waals surface area contributed by atoms with E-state index in [0.717, 1.165) is 36.8 Å². The lowest BCUT2D eigenvalue weighted by Crippen LogP contribution is -2.35. The number of H-pyrrole nitrogens is 1. The summed E-state index contributed by atoms with van der Waals surface area (Å²) in [6.07, 6.45) is 19.5. The Balaban J connectivity index is 1.28. The van der Waals surface area contributed by atoms with Crippen molar-refractivity contribution >= 4 is 0 Å². The number of aromatic amines is 1. The van der Waals surface area contributed by atoms with Gasteiger partial charge in [-0.25, -0.2) is 0 Å². The van der Waals surface area contributed by atoms with Gasteiger partial charge in [0.2, 0.25) is 0 Å². The minimum Gasteiger partial charge on any atom is -0.393 e. The summed E-state index contributed by atoms with van der Waals surface area (Å²) in [4.78, 5) is 3.44. The van der Waals surface area contributed by atoms with Gasteiger partial charge in [0, 0.05) is 23.7 Å². The van der Waals surface area contributed by atoms with E-state index in [-0.39, 0.29) is 10.8 Å². The highest BCUT2D eigenvalue weighted by molar-refractivity contribution is 5.39. The van der Waals surface area contributed by atoms with Crippen molar-refractivity contribution < 1.29 is 15.3 Å². The lowest BCUT2D eigenvalue weighted by molar-refractivity contribution is 0.0862. The van der Waals surface area contributed by atoms with Crippen LogP contribution in [0.5, 0.6) is 0 Å². The number of aromatic nitrogens is 1. The van der Waals surface area contributed by atoms with Crippen molar-refractivity contribution in [2.24, 2.45) is 23.2 Å². The van der Waals surface area contributed by atoms with Crippen LogP contribution in [-0.2, 0) is 11.8 Å². The fourth-order valence-corrected chi connectivity index (χ4v) is 8.00. The Kier molecular flexibility index (Phi) is 7.48. The summed E-state index contributed by atoms with van der Waals surface area (Å²) in [5.41, 5.74) is 5.94. The molecule has 0 radical (unpaired) electrons. The number of rotatable bonds is 7. The summed E-state index contributed by atoms with van der Waals surface area (Å²) in [7, 11) is 0. The van der Waals surface area contributed by atoms with Crippen LogP contribution in [0, 0.1) is 23.2 Å². The maximum Gasteiger partial charge on any atom is 0.0831 e. The summed E-state index contributed by atoms with van der Waals surface area (Å²) < 4.78 is 0. The first kappa shape index (κ1) is 26.7. The van der Waals surface area contributed by atoms with Gasteiger partial charge in [-0.2, -0.15) is 0 Å². The quantitative estimate of drug-likeness (QED) is 0.328. The molecule has 0 bridgehead atoms. The molecule has 0 aliphatic heterocycles. The number of allylic oxidation sites excluding steroid dienone is 4. The van der Waals surface area contributed by atoms with E-state index in [4.69, 9.17) is 0 Å². The molecule has 4 nitrogen and oxygen atoms in total. The second kappa shape index (κ2) is 10.4. The molecule has 4 saturated carbocycles. The molecular weight excluding hydrogens is 458 g/mol. The molecule has 1 aromatic heterocycles. The smallest absolute Gasteiger partial charge is 0.0831 e. The minimum atomic E-state index is -0.635. The number of fused-ring (bicyclic) bond motifs is 1. The molecule has 1 aromatic rings. The Morgan fingerprint density at radius 3 is 2.65 bits per heavy atom. The van der Waals surface area contributed by atoms with E-state index < -0.39 is 18.3 Å². The summed E-state index contributed by atoms with van der Waals surface area (Å²) in [6, 6.07) is 2.24. The van der Waals surface area contributed by atoms with Crippen LogP contribution < -0.4 is 0 Å². The number of hydrogen-bond donors (Lipinski definition) is 4. The molecule has 202 valence electrons. The van der Waals surface area contributed by atoms with E-state index in [9.17, 15) is 15.3 Å². The molecule has 1 heterocycles. The van der Waals surface area contributed by atoms with Gasteiger partial charge in [0.1, 0.15) is 0 Å². The van der Waals surface area contributed by atoms with Gasteiger partial charge in [-0.3, -0.25) is 0 Å². The zero-order valence-corrected chi connectivity index (χ0v) is 23.0. The molecule has 0 amide bonds. The lowest BCUT2D eigenvalue weighted by Gasteiger charge is -2.44. The maximum atomic E-state index is 11.2. The molecule has 37 heavy (non-hydrogen) atoms. The highest BCUT2D eigenvalue weighted by Gasteiger charge is 2.52. The van der Waals surface area contributed by atoms with E-state index >= 15 is 0 Å². The SMILES string of the molecule is C=C1C(=CC=C2CCC[C@]3(C)[C@@H]([C@H](C)C=C[C@@H](O)C4(c5cc(CC)c[nH]5)CC4)CC[C@@H]23)C[C@@H](O)C[C@@H]1O. The van der Waals surface area contributed by atoms with Gasteiger partial charge in [0.15, 0.2) is 0 Å². The molecule has 4 fully saturated rings.